The molecular weight excluding hydrogens is 805 g/mol. The fourth-order valence-corrected chi connectivity index (χ4v) is 10.1. The van der Waals surface area contributed by atoms with Gasteiger partial charge < -0.3 is 18.6 Å². The molecule has 4 nitrogen and oxygen atoms in total. The van der Waals surface area contributed by atoms with Crippen molar-refractivity contribution in [3.8, 4) is 0 Å². The molecular formula is C62H56N2O2. The second-order valence-corrected chi connectivity index (χ2v) is 19.4. The van der Waals surface area contributed by atoms with Crippen LogP contribution in [0, 0.1) is 0 Å². The highest BCUT2D eigenvalue weighted by atomic mass is 16.3. The second kappa shape index (κ2) is 16.3. The van der Waals surface area contributed by atoms with Gasteiger partial charge in [-0.25, -0.2) is 0 Å². The summed E-state index contributed by atoms with van der Waals surface area (Å²) < 4.78 is 13.5. The number of nitrogens with zero attached hydrogens (tertiary/aromatic N) is 2. The Balaban J connectivity index is 1.03. The van der Waals surface area contributed by atoms with Gasteiger partial charge in [-0.15, -0.1) is 0 Å². The van der Waals surface area contributed by atoms with Gasteiger partial charge in [0, 0.05) is 55.7 Å². The lowest BCUT2D eigenvalue weighted by molar-refractivity contribution is 0.663. The smallest absolute Gasteiger partial charge is 0.136 e. The topological polar surface area (TPSA) is 32.8 Å². The van der Waals surface area contributed by atoms with Crippen molar-refractivity contribution in [2.45, 2.75) is 79.1 Å². The highest BCUT2D eigenvalue weighted by Crippen LogP contribution is 2.46. The quantitative estimate of drug-likeness (QED) is 0.137. The van der Waals surface area contributed by atoms with E-state index in [0.29, 0.717) is 23.7 Å². The highest BCUT2D eigenvalue weighted by molar-refractivity contribution is 6.28. The van der Waals surface area contributed by atoms with Crippen molar-refractivity contribution in [2.75, 3.05) is 9.80 Å². The largest absolute Gasteiger partial charge is 0.456 e. The first-order chi connectivity index (χ1) is 32.0. The fraction of sp³-hybridized carbons (Fsp3) is 0.194. The zero-order valence-electron chi connectivity index (χ0n) is 39.2. The van der Waals surface area contributed by atoms with Gasteiger partial charge in [0.1, 0.15) is 22.3 Å². The van der Waals surface area contributed by atoms with Crippen LogP contribution in [0.15, 0.2) is 179 Å². The molecule has 0 saturated heterocycles. The molecule has 66 heavy (non-hydrogen) atoms. The molecule has 11 rings (SSSR count). The van der Waals surface area contributed by atoms with E-state index in [0.717, 1.165) is 88.2 Å². The lowest BCUT2D eigenvalue weighted by Gasteiger charge is -2.29. The monoisotopic (exact) mass is 860 g/mol. The molecule has 0 spiro atoms. The summed E-state index contributed by atoms with van der Waals surface area (Å²) in [7, 11) is 0. The zero-order chi connectivity index (χ0) is 45.4. The summed E-state index contributed by atoms with van der Waals surface area (Å²) >= 11 is 0. The van der Waals surface area contributed by atoms with Crippen molar-refractivity contribution in [3.63, 3.8) is 0 Å². The number of benzene rings is 9. The molecule has 0 aliphatic carbocycles. The van der Waals surface area contributed by atoms with E-state index < -0.39 is 0 Å². The Hall–Kier alpha value is -7.30. The van der Waals surface area contributed by atoms with Gasteiger partial charge in [-0.05, 0) is 165 Å². The van der Waals surface area contributed by atoms with Gasteiger partial charge in [0.05, 0.1) is 0 Å². The van der Waals surface area contributed by atoms with Crippen LogP contribution in [0.3, 0.4) is 0 Å². The van der Waals surface area contributed by atoms with Gasteiger partial charge in [-0.2, -0.15) is 0 Å². The normalized spacial score (nSPS) is 12.2. The van der Waals surface area contributed by atoms with Crippen molar-refractivity contribution in [3.05, 3.63) is 192 Å². The van der Waals surface area contributed by atoms with Gasteiger partial charge in [-0.3, -0.25) is 0 Å². The molecule has 0 radical (unpaired) electrons. The summed E-state index contributed by atoms with van der Waals surface area (Å²) in [4.78, 5) is 4.81. The molecule has 326 valence electrons. The van der Waals surface area contributed by atoms with Crippen molar-refractivity contribution in [1.82, 2.24) is 0 Å². The Bertz CT molecular complexity index is 3370. The van der Waals surface area contributed by atoms with E-state index in [4.69, 9.17) is 8.83 Å². The van der Waals surface area contributed by atoms with Crippen LogP contribution in [0.2, 0.25) is 0 Å². The highest BCUT2D eigenvalue weighted by Gasteiger charge is 2.23. The molecule has 2 heterocycles. The van der Waals surface area contributed by atoms with Crippen LogP contribution in [0.1, 0.15) is 101 Å². The molecule has 0 atom stereocenters. The predicted octanol–water partition coefficient (Wildman–Crippen LogP) is 19.2. The first-order valence-electron chi connectivity index (χ1n) is 23.7. The molecule has 0 saturated carbocycles. The molecule has 4 heteroatoms. The number of anilines is 6. The molecule has 2 aromatic heterocycles. The zero-order valence-corrected chi connectivity index (χ0v) is 39.2. The Morgan fingerprint density at radius 2 is 0.727 bits per heavy atom. The number of rotatable bonds is 10. The summed E-state index contributed by atoms with van der Waals surface area (Å²) in [6.07, 6.45) is 0. The van der Waals surface area contributed by atoms with Crippen LogP contribution in [0.5, 0.6) is 0 Å². The first kappa shape index (κ1) is 41.4. The third-order valence-electron chi connectivity index (χ3n) is 13.7. The van der Waals surface area contributed by atoms with E-state index in [-0.39, 0.29) is 0 Å². The predicted molar refractivity (Wildman–Crippen MR) is 282 cm³/mol. The summed E-state index contributed by atoms with van der Waals surface area (Å²) in [5.74, 6) is 1.62. The molecule has 0 fully saturated rings. The summed E-state index contributed by atoms with van der Waals surface area (Å²) in [6.45, 7) is 18.2. The Kier molecular flexibility index (Phi) is 10.2. The van der Waals surface area contributed by atoms with Gasteiger partial charge in [0.2, 0.25) is 0 Å². The third-order valence-corrected chi connectivity index (χ3v) is 13.7. The Labute approximate surface area is 387 Å². The number of fused-ring (bicyclic) bond motifs is 9. The number of hydrogen-bond donors (Lipinski definition) is 0. The van der Waals surface area contributed by atoms with E-state index >= 15 is 0 Å². The molecule has 0 aliphatic rings. The van der Waals surface area contributed by atoms with Crippen LogP contribution in [-0.2, 0) is 0 Å². The van der Waals surface area contributed by atoms with E-state index in [1.54, 1.807) is 0 Å². The SMILES string of the molecule is CC(C)c1ccc(N(c2ccccc2)c2ccc3cc4c(cc3c2)oc2ccc3oc5cc6cc(N(c7ccccc7)c7ccc(C(C)C)cc7C(C)C)ccc6cc5c3c24)c(C(C)C)c1. The van der Waals surface area contributed by atoms with Crippen molar-refractivity contribution < 1.29 is 8.83 Å². The molecule has 9 aromatic carbocycles. The van der Waals surface area contributed by atoms with Crippen LogP contribution >= 0.6 is 0 Å². The maximum absolute atomic E-state index is 6.74. The van der Waals surface area contributed by atoms with Gasteiger partial charge >= 0.3 is 0 Å². The minimum absolute atomic E-state index is 0.355. The second-order valence-electron chi connectivity index (χ2n) is 19.4. The molecule has 0 N–H and O–H groups in total. The third kappa shape index (κ3) is 7.07. The number of para-hydroxylation sites is 2. The standard InChI is InChI=1S/C62H56N2O2/c1-37(2)41-21-25-55(51(31-41)39(5)6)63(47-15-11-9-12-16-47)49-23-19-43-33-53-59(35-45(43)29-49)65-57-27-28-58-62(61(53)57)54-34-44-20-24-50(30-46(44)36-60(54)66-58)64(48-17-13-10-14-18-48)56-26-22-42(38(3)4)32-52(56)40(7)8/h9-40H,1-8H3. The minimum atomic E-state index is 0.355. The molecule has 0 aliphatic heterocycles. The maximum atomic E-state index is 6.74. The molecule has 11 aromatic rings. The van der Waals surface area contributed by atoms with Crippen LogP contribution < -0.4 is 9.80 Å². The Morgan fingerprint density at radius 1 is 0.318 bits per heavy atom. The average molecular weight is 861 g/mol. The number of hydrogen-bond acceptors (Lipinski definition) is 4. The van der Waals surface area contributed by atoms with Gasteiger partial charge in [-0.1, -0.05) is 128 Å². The van der Waals surface area contributed by atoms with E-state index in [1.165, 1.54) is 33.6 Å². The summed E-state index contributed by atoms with van der Waals surface area (Å²) in [5, 5.41) is 8.91. The molecule has 0 amide bonds. The lowest BCUT2D eigenvalue weighted by atomic mass is 9.93. The maximum Gasteiger partial charge on any atom is 0.136 e. The van der Waals surface area contributed by atoms with Gasteiger partial charge in [0.15, 0.2) is 0 Å². The first-order valence-corrected chi connectivity index (χ1v) is 23.7. The van der Waals surface area contributed by atoms with E-state index in [2.05, 4.69) is 235 Å². The summed E-state index contributed by atoms with van der Waals surface area (Å²) in [6, 6.07) is 62.2. The average Bonchev–Trinajstić information content (AvgIpc) is 3.87. The fourth-order valence-electron chi connectivity index (χ4n) is 10.1. The number of furan rings is 2. The minimum Gasteiger partial charge on any atom is -0.456 e. The van der Waals surface area contributed by atoms with Crippen LogP contribution in [-0.4, -0.2) is 0 Å². The van der Waals surface area contributed by atoms with Crippen molar-refractivity contribution >= 4 is 99.5 Å². The van der Waals surface area contributed by atoms with Crippen LogP contribution in [0.25, 0.3) is 65.4 Å². The molecule has 0 bridgehead atoms. The molecule has 0 unspecified atom stereocenters. The lowest BCUT2D eigenvalue weighted by Crippen LogP contribution is -2.13. The Morgan fingerprint density at radius 3 is 1.11 bits per heavy atom. The van der Waals surface area contributed by atoms with Crippen LogP contribution in [0.4, 0.5) is 34.1 Å². The van der Waals surface area contributed by atoms with E-state index in [1.807, 2.05) is 0 Å². The van der Waals surface area contributed by atoms with Gasteiger partial charge in [0.25, 0.3) is 0 Å². The van der Waals surface area contributed by atoms with Crippen molar-refractivity contribution in [2.24, 2.45) is 0 Å². The van der Waals surface area contributed by atoms with Crippen molar-refractivity contribution in [1.29, 1.82) is 0 Å². The van der Waals surface area contributed by atoms with E-state index in [9.17, 15) is 0 Å². The summed E-state index contributed by atoms with van der Waals surface area (Å²) in [5.41, 5.74) is 15.7.